The van der Waals surface area contributed by atoms with E-state index in [9.17, 15) is 4.79 Å². The van der Waals surface area contributed by atoms with E-state index in [4.69, 9.17) is 11.6 Å². The fourth-order valence-corrected chi connectivity index (χ4v) is 2.78. The van der Waals surface area contributed by atoms with Crippen molar-refractivity contribution in [1.82, 2.24) is 9.97 Å². The average molecular weight is 345 g/mol. The molecule has 23 heavy (non-hydrogen) atoms. The number of aromatic nitrogens is 2. The Morgan fingerprint density at radius 3 is 2.87 bits per heavy atom. The van der Waals surface area contributed by atoms with E-state index >= 15 is 0 Å². The highest BCUT2D eigenvalue weighted by Gasteiger charge is 2.13. The van der Waals surface area contributed by atoms with Crippen molar-refractivity contribution in [2.45, 2.75) is 6.92 Å². The Labute approximate surface area is 142 Å². The molecule has 0 bridgehead atoms. The van der Waals surface area contributed by atoms with Crippen LogP contribution in [-0.4, -0.2) is 15.9 Å². The van der Waals surface area contributed by atoms with Gasteiger partial charge in [-0.05, 0) is 36.8 Å². The summed E-state index contributed by atoms with van der Waals surface area (Å²) in [6.07, 6.45) is 1.69. The lowest BCUT2D eigenvalue weighted by Crippen LogP contribution is -2.13. The fourth-order valence-electron chi connectivity index (χ4n) is 1.91. The number of benzene rings is 1. The first-order valence-corrected chi connectivity index (χ1v) is 8.09. The van der Waals surface area contributed by atoms with Gasteiger partial charge >= 0.3 is 0 Å². The van der Waals surface area contributed by atoms with Gasteiger partial charge in [-0.25, -0.2) is 9.97 Å². The number of carbonyl (C=O) groups excluding carboxylic acids is 1. The summed E-state index contributed by atoms with van der Waals surface area (Å²) in [6, 6.07) is 10.9. The number of amides is 1. The molecule has 0 atom stereocenters. The molecule has 0 aliphatic carbocycles. The Kier molecular flexibility index (Phi) is 4.55. The Morgan fingerprint density at radius 1 is 1.22 bits per heavy atom. The van der Waals surface area contributed by atoms with Crippen LogP contribution < -0.4 is 10.6 Å². The molecular formula is C16H13ClN4OS. The number of hydrogen-bond donors (Lipinski definition) is 2. The number of pyridine rings is 1. The van der Waals surface area contributed by atoms with Crippen LogP contribution in [-0.2, 0) is 0 Å². The normalized spacial score (nSPS) is 10.3. The van der Waals surface area contributed by atoms with Crippen LogP contribution in [0.25, 0.3) is 0 Å². The van der Waals surface area contributed by atoms with Gasteiger partial charge < -0.3 is 10.6 Å². The molecule has 7 heteroatoms. The van der Waals surface area contributed by atoms with Gasteiger partial charge in [0.15, 0.2) is 5.13 Å². The predicted molar refractivity (Wildman–Crippen MR) is 93.8 cm³/mol. The summed E-state index contributed by atoms with van der Waals surface area (Å²) in [5.41, 5.74) is 1.84. The minimum absolute atomic E-state index is 0.277. The zero-order valence-electron chi connectivity index (χ0n) is 12.2. The van der Waals surface area contributed by atoms with Crippen molar-refractivity contribution in [2.75, 3.05) is 10.6 Å². The zero-order valence-corrected chi connectivity index (χ0v) is 13.8. The van der Waals surface area contributed by atoms with E-state index < -0.39 is 0 Å². The molecule has 1 amide bonds. The van der Waals surface area contributed by atoms with E-state index in [0.717, 1.165) is 5.56 Å². The molecule has 2 N–H and O–H groups in total. The van der Waals surface area contributed by atoms with Gasteiger partial charge in [-0.2, -0.15) is 0 Å². The first-order valence-electron chi connectivity index (χ1n) is 6.83. The van der Waals surface area contributed by atoms with Gasteiger partial charge in [0.1, 0.15) is 11.5 Å². The summed E-state index contributed by atoms with van der Waals surface area (Å²) in [6.45, 7) is 1.85. The van der Waals surface area contributed by atoms with Crippen molar-refractivity contribution >= 4 is 45.5 Å². The van der Waals surface area contributed by atoms with E-state index in [1.165, 1.54) is 11.3 Å². The molecule has 2 heterocycles. The van der Waals surface area contributed by atoms with Crippen molar-refractivity contribution in [3.8, 4) is 0 Å². The van der Waals surface area contributed by atoms with Crippen molar-refractivity contribution in [2.24, 2.45) is 0 Å². The first kappa shape index (κ1) is 15.5. The van der Waals surface area contributed by atoms with Gasteiger partial charge in [0.25, 0.3) is 5.91 Å². The summed E-state index contributed by atoms with van der Waals surface area (Å²) >= 11 is 7.40. The number of rotatable bonds is 4. The van der Waals surface area contributed by atoms with Crippen LogP contribution >= 0.6 is 22.9 Å². The average Bonchev–Trinajstić information content (AvgIpc) is 3.01. The summed E-state index contributed by atoms with van der Waals surface area (Å²) in [7, 11) is 0. The third kappa shape index (κ3) is 3.67. The molecule has 0 saturated heterocycles. The van der Waals surface area contributed by atoms with Gasteiger partial charge in [0.2, 0.25) is 0 Å². The Bertz CT molecular complexity index is 835. The molecule has 0 aliphatic rings. The van der Waals surface area contributed by atoms with Gasteiger partial charge in [0, 0.05) is 22.3 Å². The monoisotopic (exact) mass is 344 g/mol. The zero-order chi connectivity index (χ0) is 16.2. The minimum atomic E-state index is -0.277. The SMILES string of the molecule is Cc1c(Cl)cccc1NC(=O)c1csc(Nc2ccccn2)n1. The lowest BCUT2D eigenvalue weighted by atomic mass is 10.2. The quantitative estimate of drug-likeness (QED) is 0.731. The van der Waals surface area contributed by atoms with Crippen LogP contribution in [0.2, 0.25) is 5.02 Å². The Balaban J connectivity index is 1.72. The lowest BCUT2D eigenvalue weighted by Gasteiger charge is -2.08. The van der Waals surface area contributed by atoms with E-state index in [1.807, 2.05) is 25.1 Å². The summed E-state index contributed by atoms with van der Waals surface area (Å²) in [5, 5.41) is 8.79. The highest BCUT2D eigenvalue weighted by Crippen LogP contribution is 2.24. The number of thiazole rings is 1. The van der Waals surface area contributed by atoms with Crippen molar-refractivity contribution in [3.05, 3.63) is 64.3 Å². The van der Waals surface area contributed by atoms with E-state index in [0.29, 0.717) is 27.4 Å². The highest BCUT2D eigenvalue weighted by molar-refractivity contribution is 7.14. The smallest absolute Gasteiger partial charge is 0.275 e. The topological polar surface area (TPSA) is 66.9 Å². The molecule has 0 radical (unpaired) electrons. The lowest BCUT2D eigenvalue weighted by molar-refractivity contribution is 0.102. The molecular weight excluding hydrogens is 332 g/mol. The van der Waals surface area contributed by atoms with Gasteiger partial charge in [-0.15, -0.1) is 11.3 Å². The molecule has 0 saturated carbocycles. The molecule has 0 unspecified atom stereocenters. The third-order valence-corrected chi connectivity index (χ3v) is 4.32. The second-order valence-electron chi connectivity index (χ2n) is 4.74. The largest absolute Gasteiger partial charge is 0.320 e. The molecule has 0 fully saturated rings. The highest BCUT2D eigenvalue weighted by atomic mass is 35.5. The maximum absolute atomic E-state index is 12.3. The van der Waals surface area contributed by atoms with Gasteiger partial charge in [-0.1, -0.05) is 23.7 Å². The molecule has 1 aromatic carbocycles. The van der Waals surface area contributed by atoms with E-state index in [-0.39, 0.29) is 5.91 Å². The van der Waals surface area contributed by atoms with Crippen molar-refractivity contribution in [3.63, 3.8) is 0 Å². The van der Waals surface area contributed by atoms with Crippen molar-refractivity contribution in [1.29, 1.82) is 0 Å². The summed E-state index contributed by atoms with van der Waals surface area (Å²) < 4.78 is 0. The van der Waals surface area contributed by atoms with Crippen LogP contribution in [0.4, 0.5) is 16.6 Å². The molecule has 0 aliphatic heterocycles. The Morgan fingerprint density at radius 2 is 2.09 bits per heavy atom. The maximum atomic E-state index is 12.3. The van der Waals surface area contributed by atoms with Crippen LogP contribution in [0.3, 0.4) is 0 Å². The molecule has 2 aromatic heterocycles. The summed E-state index contributed by atoms with van der Waals surface area (Å²) in [5.74, 6) is 0.403. The molecule has 3 aromatic rings. The van der Waals surface area contributed by atoms with Crippen LogP contribution in [0.15, 0.2) is 48.0 Å². The molecule has 116 valence electrons. The number of anilines is 3. The summed E-state index contributed by atoms with van der Waals surface area (Å²) in [4.78, 5) is 20.7. The third-order valence-electron chi connectivity index (χ3n) is 3.15. The number of carbonyl (C=O) groups is 1. The predicted octanol–water partition coefficient (Wildman–Crippen LogP) is 4.50. The van der Waals surface area contributed by atoms with Crippen LogP contribution in [0.1, 0.15) is 16.1 Å². The second-order valence-corrected chi connectivity index (χ2v) is 6.01. The van der Waals surface area contributed by atoms with Crippen LogP contribution in [0.5, 0.6) is 0 Å². The Hall–Kier alpha value is -2.44. The first-order chi connectivity index (χ1) is 11.1. The molecule has 3 rings (SSSR count). The number of halogens is 1. The van der Waals surface area contributed by atoms with Crippen molar-refractivity contribution < 1.29 is 4.79 Å². The van der Waals surface area contributed by atoms with Crippen LogP contribution in [0, 0.1) is 6.92 Å². The van der Waals surface area contributed by atoms with Gasteiger partial charge in [0.05, 0.1) is 0 Å². The minimum Gasteiger partial charge on any atom is -0.320 e. The van der Waals surface area contributed by atoms with Gasteiger partial charge in [-0.3, -0.25) is 4.79 Å². The number of hydrogen-bond acceptors (Lipinski definition) is 5. The second kappa shape index (κ2) is 6.76. The molecule has 0 spiro atoms. The molecule has 5 nitrogen and oxygen atoms in total. The fraction of sp³-hybridized carbons (Fsp3) is 0.0625. The number of nitrogens with one attached hydrogen (secondary N) is 2. The maximum Gasteiger partial charge on any atom is 0.275 e. The standard InChI is InChI=1S/C16H13ClN4OS/c1-10-11(17)5-4-6-12(10)19-15(22)13-9-23-16(20-13)21-14-7-2-3-8-18-14/h2-9H,1H3,(H,19,22)(H,18,20,21). The van der Waals surface area contributed by atoms with E-state index in [1.54, 1.807) is 29.8 Å². The number of nitrogens with zero attached hydrogens (tertiary/aromatic N) is 2. The van der Waals surface area contributed by atoms with E-state index in [2.05, 4.69) is 20.6 Å².